The van der Waals surface area contributed by atoms with Gasteiger partial charge in [0.1, 0.15) is 0 Å². The second-order valence-corrected chi connectivity index (χ2v) is 2.95. The van der Waals surface area contributed by atoms with Crippen LogP contribution in [-0.4, -0.2) is 18.8 Å². The number of nitriles is 1. The number of hydrogen-bond donors (Lipinski definition) is 1. The van der Waals surface area contributed by atoms with Gasteiger partial charge in [-0.2, -0.15) is 5.26 Å². The Morgan fingerprint density at radius 3 is 3.00 bits per heavy atom. The van der Waals surface area contributed by atoms with Gasteiger partial charge in [0.2, 0.25) is 0 Å². The van der Waals surface area contributed by atoms with E-state index in [9.17, 15) is 0 Å². The molecule has 62 valence electrons. The fourth-order valence-corrected chi connectivity index (χ4v) is 1.35. The highest BCUT2D eigenvalue weighted by atomic mass is 16.5. The maximum absolute atomic E-state index is 8.35. The van der Waals surface area contributed by atoms with E-state index < -0.39 is 0 Å². The molecule has 0 aromatic carbocycles. The molecular formula is C8H14N2O. The number of ether oxygens (including phenoxy) is 1. The molecule has 1 aliphatic heterocycles. The zero-order valence-electron chi connectivity index (χ0n) is 6.84. The Morgan fingerprint density at radius 2 is 2.45 bits per heavy atom. The summed E-state index contributed by atoms with van der Waals surface area (Å²) in [7, 11) is 0. The van der Waals surface area contributed by atoms with E-state index in [1.54, 1.807) is 0 Å². The van der Waals surface area contributed by atoms with E-state index in [-0.39, 0.29) is 12.1 Å². The van der Waals surface area contributed by atoms with Gasteiger partial charge in [0.05, 0.1) is 12.1 Å². The summed E-state index contributed by atoms with van der Waals surface area (Å²) in [6.07, 6.45) is 5.64. The molecule has 0 aliphatic carbocycles. The van der Waals surface area contributed by atoms with Crippen molar-refractivity contribution >= 4 is 0 Å². The molecule has 0 spiro atoms. The molecule has 1 fully saturated rings. The monoisotopic (exact) mass is 154 g/mol. The largest absolute Gasteiger partial charge is 0.376 e. The predicted octanol–water partition coefficient (Wildman–Crippen LogP) is 1.01. The summed E-state index contributed by atoms with van der Waals surface area (Å²) in [5.41, 5.74) is 0. The van der Waals surface area contributed by atoms with Crippen molar-refractivity contribution in [2.75, 3.05) is 6.61 Å². The lowest BCUT2D eigenvalue weighted by atomic mass is 10.0. The van der Waals surface area contributed by atoms with Crippen molar-refractivity contribution in [3.8, 4) is 6.19 Å². The van der Waals surface area contributed by atoms with Crippen molar-refractivity contribution in [1.29, 1.82) is 5.26 Å². The molecule has 0 aromatic heterocycles. The Labute approximate surface area is 67.3 Å². The minimum absolute atomic E-state index is 0.167. The highest BCUT2D eigenvalue weighted by molar-refractivity contribution is 4.81. The van der Waals surface area contributed by atoms with Gasteiger partial charge in [0, 0.05) is 6.61 Å². The van der Waals surface area contributed by atoms with E-state index in [1.807, 2.05) is 13.1 Å². The van der Waals surface area contributed by atoms with Crippen molar-refractivity contribution in [3.05, 3.63) is 0 Å². The number of nitrogens with zero attached hydrogens (tertiary/aromatic N) is 1. The SMILES string of the molecule is CC(NC#N)C1CCCCO1. The number of nitrogens with one attached hydrogen (secondary N) is 1. The van der Waals surface area contributed by atoms with E-state index in [4.69, 9.17) is 10.00 Å². The van der Waals surface area contributed by atoms with Crippen LogP contribution in [0.4, 0.5) is 0 Å². The minimum atomic E-state index is 0.167. The average Bonchev–Trinajstić information content (AvgIpc) is 2.07. The van der Waals surface area contributed by atoms with E-state index >= 15 is 0 Å². The lowest BCUT2D eigenvalue weighted by molar-refractivity contribution is -0.000549. The Kier molecular flexibility index (Phi) is 3.18. The molecule has 1 rings (SSSR count). The fourth-order valence-electron chi connectivity index (χ4n) is 1.35. The highest BCUT2D eigenvalue weighted by Gasteiger charge is 2.19. The molecule has 1 heterocycles. The number of rotatable bonds is 2. The van der Waals surface area contributed by atoms with E-state index in [0.29, 0.717) is 0 Å². The molecular weight excluding hydrogens is 140 g/mol. The quantitative estimate of drug-likeness (QED) is 0.477. The van der Waals surface area contributed by atoms with Crippen molar-refractivity contribution in [3.63, 3.8) is 0 Å². The molecule has 0 aromatic rings. The minimum Gasteiger partial charge on any atom is -0.376 e. The van der Waals surface area contributed by atoms with Gasteiger partial charge < -0.3 is 10.1 Å². The summed E-state index contributed by atoms with van der Waals surface area (Å²) in [6, 6.07) is 0.167. The van der Waals surface area contributed by atoms with Crippen LogP contribution in [0.15, 0.2) is 0 Å². The van der Waals surface area contributed by atoms with Crippen molar-refractivity contribution in [2.45, 2.75) is 38.3 Å². The summed E-state index contributed by atoms with van der Waals surface area (Å²) in [5.74, 6) is 0. The topological polar surface area (TPSA) is 45.0 Å². The van der Waals surface area contributed by atoms with Gasteiger partial charge in [-0.05, 0) is 26.2 Å². The van der Waals surface area contributed by atoms with Gasteiger partial charge in [-0.25, -0.2) is 0 Å². The molecule has 2 unspecified atom stereocenters. The summed E-state index contributed by atoms with van der Waals surface area (Å²) >= 11 is 0. The van der Waals surface area contributed by atoms with Crippen molar-refractivity contribution < 1.29 is 4.74 Å². The summed E-state index contributed by atoms with van der Waals surface area (Å²) in [6.45, 7) is 2.83. The zero-order chi connectivity index (χ0) is 8.10. The summed E-state index contributed by atoms with van der Waals surface area (Å²) in [5, 5.41) is 11.0. The standard InChI is InChI=1S/C8H14N2O/c1-7(10-6-9)8-4-2-3-5-11-8/h7-8,10H,2-5H2,1H3. The van der Waals surface area contributed by atoms with Gasteiger partial charge >= 0.3 is 0 Å². The molecule has 1 N–H and O–H groups in total. The lowest BCUT2D eigenvalue weighted by Crippen LogP contribution is -2.38. The van der Waals surface area contributed by atoms with Gasteiger partial charge in [0.25, 0.3) is 0 Å². The molecule has 3 nitrogen and oxygen atoms in total. The van der Waals surface area contributed by atoms with Crippen LogP contribution in [0.3, 0.4) is 0 Å². The van der Waals surface area contributed by atoms with E-state index in [0.717, 1.165) is 19.4 Å². The van der Waals surface area contributed by atoms with Crippen molar-refractivity contribution in [1.82, 2.24) is 5.32 Å². The number of hydrogen-bond acceptors (Lipinski definition) is 3. The first-order valence-corrected chi connectivity index (χ1v) is 4.11. The molecule has 0 saturated carbocycles. The normalized spacial score (nSPS) is 27.1. The van der Waals surface area contributed by atoms with E-state index in [1.165, 1.54) is 6.42 Å². The van der Waals surface area contributed by atoms with Crippen LogP contribution in [0.1, 0.15) is 26.2 Å². The summed E-state index contributed by atoms with van der Waals surface area (Å²) in [4.78, 5) is 0. The Hall–Kier alpha value is -0.750. The molecule has 0 bridgehead atoms. The Bertz CT molecular complexity index is 147. The van der Waals surface area contributed by atoms with Crippen molar-refractivity contribution in [2.24, 2.45) is 0 Å². The third kappa shape index (κ3) is 2.39. The van der Waals surface area contributed by atoms with Crippen LogP contribution in [0.25, 0.3) is 0 Å². The Morgan fingerprint density at radius 1 is 1.64 bits per heavy atom. The van der Waals surface area contributed by atoms with Crippen LogP contribution in [0, 0.1) is 11.5 Å². The van der Waals surface area contributed by atoms with Crippen LogP contribution < -0.4 is 5.32 Å². The lowest BCUT2D eigenvalue weighted by Gasteiger charge is -2.26. The molecule has 3 heteroatoms. The molecule has 0 amide bonds. The Balaban J connectivity index is 2.27. The average molecular weight is 154 g/mol. The molecule has 1 saturated heterocycles. The van der Waals surface area contributed by atoms with Gasteiger partial charge in [-0.3, -0.25) is 0 Å². The van der Waals surface area contributed by atoms with Crippen LogP contribution >= 0.6 is 0 Å². The maximum Gasteiger partial charge on any atom is 0.176 e. The maximum atomic E-state index is 8.35. The smallest absolute Gasteiger partial charge is 0.176 e. The molecule has 11 heavy (non-hydrogen) atoms. The second-order valence-electron chi connectivity index (χ2n) is 2.95. The molecule has 0 radical (unpaired) electrons. The first-order chi connectivity index (χ1) is 5.34. The first-order valence-electron chi connectivity index (χ1n) is 4.11. The first kappa shape index (κ1) is 8.35. The predicted molar refractivity (Wildman–Crippen MR) is 41.8 cm³/mol. The zero-order valence-corrected chi connectivity index (χ0v) is 6.84. The van der Waals surface area contributed by atoms with Crippen LogP contribution in [0.2, 0.25) is 0 Å². The third-order valence-corrected chi connectivity index (χ3v) is 2.06. The van der Waals surface area contributed by atoms with Gasteiger partial charge in [-0.1, -0.05) is 0 Å². The van der Waals surface area contributed by atoms with Crippen LogP contribution in [-0.2, 0) is 4.74 Å². The van der Waals surface area contributed by atoms with Gasteiger partial charge in [-0.15, -0.1) is 0 Å². The third-order valence-electron chi connectivity index (χ3n) is 2.06. The summed E-state index contributed by atoms with van der Waals surface area (Å²) < 4.78 is 5.48. The second kappa shape index (κ2) is 4.20. The van der Waals surface area contributed by atoms with Crippen LogP contribution in [0.5, 0.6) is 0 Å². The highest BCUT2D eigenvalue weighted by Crippen LogP contribution is 2.15. The molecule has 2 atom stereocenters. The van der Waals surface area contributed by atoms with Gasteiger partial charge in [0.15, 0.2) is 6.19 Å². The molecule has 1 aliphatic rings. The fraction of sp³-hybridized carbons (Fsp3) is 0.875. The van der Waals surface area contributed by atoms with E-state index in [2.05, 4.69) is 5.32 Å².